The van der Waals surface area contributed by atoms with Crippen LogP contribution in [0.25, 0.3) is 11.5 Å². The molecule has 7 heteroatoms. The molecule has 1 aromatic heterocycles. The van der Waals surface area contributed by atoms with Crippen LogP contribution in [0.3, 0.4) is 0 Å². The second-order valence-electron chi connectivity index (χ2n) is 6.10. The molecule has 0 atom stereocenters. The molecule has 0 aliphatic heterocycles. The van der Waals surface area contributed by atoms with Gasteiger partial charge in [0, 0.05) is 35.5 Å². The van der Waals surface area contributed by atoms with Crippen molar-refractivity contribution < 1.29 is 14.6 Å². The third-order valence-corrected chi connectivity index (χ3v) is 4.37. The van der Waals surface area contributed by atoms with Gasteiger partial charge in [-0.05, 0) is 31.2 Å². The Bertz CT molecular complexity index is 1030. The van der Waals surface area contributed by atoms with Crippen LogP contribution in [0.1, 0.15) is 11.1 Å². The molecule has 140 valence electrons. The minimum atomic E-state index is -0.485. The van der Waals surface area contributed by atoms with Gasteiger partial charge in [-0.15, -0.1) is 0 Å². The Kier molecular flexibility index (Phi) is 5.76. The number of hydrogen-bond acceptors (Lipinski definition) is 4. The number of non-ortho nitro benzene ring substituents is 1. The van der Waals surface area contributed by atoms with Crippen LogP contribution in [0.15, 0.2) is 79.1 Å². The van der Waals surface area contributed by atoms with Crippen molar-refractivity contribution >= 4 is 40.0 Å². The molecule has 28 heavy (non-hydrogen) atoms. The lowest BCUT2D eigenvalue weighted by atomic mass is 10.1. The molecule has 0 spiro atoms. The molecular weight excluding hydrogens is 374 g/mol. The van der Waals surface area contributed by atoms with Gasteiger partial charge >= 0.3 is 0 Å². The molecule has 3 aromatic rings. The van der Waals surface area contributed by atoms with Gasteiger partial charge < -0.3 is 10.4 Å². The maximum absolute atomic E-state index is 10.9. The highest BCUT2D eigenvalue weighted by Gasteiger charge is 2.24. The molecular formula is C21H18N3O3S+. The topological polar surface area (TPSA) is 79.3 Å². The Hall–Kier alpha value is -3.58. The number of rotatable bonds is 5. The average molecular weight is 392 g/mol. The number of hydrogen-bond donors (Lipinski definition) is 2. The number of nitro groups is 1. The lowest BCUT2D eigenvalue weighted by Gasteiger charge is -2.10. The SMILES string of the molecule is Cc1ccc(NC(=S)C(=C(O)c2ccc([N+](=O)[O-])cc2)[n+]2ccccc2)cc1. The van der Waals surface area contributed by atoms with Crippen LogP contribution in [-0.2, 0) is 0 Å². The van der Waals surface area contributed by atoms with E-state index in [2.05, 4.69) is 5.32 Å². The molecule has 3 rings (SSSR count). The van der Waals surface area contributed by atoms with Crippen molar-refractivity contribution in [3.8, 4) is 0 Å². The summed E-state index contributed by atoms with van der Waals surface area (Å²) in [7, 11) is 0. The molecule has 0 unspecified atom stereocenters. The largest absolute Gasteiger partial charge is 0.502 e. The number of aliphatic hydroxyl groups is 1. The van der Waals surface area contributed by atoms with E-state index in [1.54, 1.807) is 17.0 Å². The lowest BCUT2D eigenvalue weighted by Crippen LogP contribution is -2.38. The van der Waals surface area contributed by atoms with E-state index in [1.165, 1.54) is 24.3 Å². The van der Waals surface area contributed by atoms with Crippen LogP contribution in [0.4, 0.5) is 11.4 Å². The second-order valence-corrected chi connectivity index (χ2v) is 6.51. The third kappa shape index (κ3) is 4.39. The Morgan fingerprint density at radius 2 is 1.64 bits per heavy atom. The zero-order valence-electron chi connectivity index (χ0n) is 15.1. The fraction of sp³-hybridized carbons (Fsp3) is 0.0476. The number of nitrogens with one attached hydrogen (secondary N) is 1. The summed E-state index contributed by atoms with van der Waals surface area (Å²) >= 11 is 5.56. The van der Waals surface area contributed by atoms with E-state index < -0.39 is 4.92 Å². The molecule has 0 aliphatic carbocycles. The summed E-state index contributed by atoms with van der Waals surface area (Å²) in [5.74, 6) is -0.0873. The Morgan fingerprint density at radius 1 is 1.04 bits per heavy atom. The minimum Gasteiger partial charge on any atom is -0.502 e. The molecule has 0 aliphatic rings. The Labute approximate surface area is 167 Å². The minimum absolute atomic E-state index is 0.0502. The first kappa shape index (κ1) is 19.2. The summed E-state index contributed by atoms with van der Waals surface area (Å²) in [6, 6.07) is 18.9. The maximum Gasteiger partial charge on any atom is 0.288 e. The van der Waals surface area contributed by atoms with Crippen molar-refractivity contribution in [2.45, 2.75) is 6.92 Å². The standard InChI is InChI=1S/C21H17N3O3S/c1-15-5-9-17(10-6-15)22-21(28)19(23-13-3-2-4-14-23)20(25)16-7-11-18(12-8-16)24(26)27/h2-14H,1H3,(H-,22,25,28)/p+1. The van der Waals surface area contributed by atoms with E-state index in [4.69, 9.17) is 12.2 Å². The van der Waals surface area contributed by atoms with E-state index >= 15 is 0 Å². The predicted octanol–water partition coefficient (Wildman–Crippen LogP) is 4.51. The van der Waals surface area contributed by atoms with Crippen molar-refractivity contribution in [2.24, 2.45) is 0 Å². The number of anilines is 1. The number of thiocarbonyl (C=S) groups is 1. The number of aromatic nitrogens is 1. The Balaban J connectivity index is 2.03. The van der Waals surface area contributed by atoms with Gasteiger partial charge in [-0.3, -0.25) is 10.1 Å². The monoisotopic (exact) mass is 392 g/mol. The van der Waals surface area contributed by atoms with Crippen LogP contribution >= 0.6 is 12.2 Å². The van der Waals surface area contributed by atoms with Gasteiger partial charge in [-0.25, -0.2) is 0 Å². The first-order valence-corrected chi connectivity index (χ1v) is 8.89. The van der Waals surface area contributed by atoms with Gasteiger partial charge in [-0.1, -0.05) is 36.0 Å². The van der Waals surface area contributed by atoms with Crippen molar-refractivity contribution in [3.63, 3.8) is 0 Å². The van der Waals surface area contributed by atoms with Gasteiger partial charge in [0.05, 0.1) is 4.92 Å². The molecule has 2 N–H and O–H groups in total. The van der Waals surface area contributed by atoms with E-state index in [-0.39, 0.29) is 11.4 Å². The van der Waals surface area contributed by atoms with Crippen LogP contribution < -0.4 is 9.88 Å². The highest BCUT2D eigenvalue weighted by Crippen LogP contribution is 2.21. The molecule has 0 amide bonds. The number of benzene rings is 2. The smallest absolute Gasteiger partial charge is 0.288 e. The number of nitro benzene ring substituents is 1. The molecule has 1 heterocycles. The molecule has 6 nitrogen and oxygen atoms in total. The van der Waals surface area contributed by atoms with Crippen LogP contribution in [-0.4, -0.2) is 15.0 Å². The first-order chi connectivity index (χ1) is 13.5. The number of nitrogens with zero attached hydrogens (tertiary/aromatic N) is 2. The summed E-state index contributed by atoms with van der Waals surface area (Å²) in [5, 5.41) is 24.9. The van der Waals surface area contributed by atoms with E-state index in [9.17, 15) is 15.2 Å². The van der Waals surface area contributed by atoms with Gasteiger partial charge in [0.2, 0.25) is 0 Å². The van der Waals surface area contributed by atoms with Crippen molar-refractivity contribution in [1.82, 2.24) is 0 Å². The number of aliphatic hydroxyl groups excluding tert-OH is 1. The summed E-state index contributed by atoms with van der Waals surface area (Å²) < 4.78 is 1.69. The normalized spacial score (nSPS) is 11.5. The van der Waals surface area contributed by atoms with Gasteiger partial charge in [-0.2, -0.15) is 4.57 Å². The van der Waals surface area contributed by atoms with Gasteiger partial charge in [0.25, 0.3) is 11.4 Å². The fourth-order valence-corrected chi connectivity index (χ4v) is 2.92. The molecule has 0 fully saturated rings. The highest BCUT2D eigenvalue weighted by atomic mass is 32.1. The number of aryl methyl sites for hydroxylation is 1. The Morgan fingerprint density at radius 3 is 2.21 bits per heavy atom. The van der Waals surface area contributed by atoms with Crippen LogP contribution in [0, 0.1) is 17.0 Å². The zero-order valence-corrected chi connectivity index (χ0v) is 15.9. The van der Waals surface area contributed by atoms with Crippen molar-refractivity contribution in [3.05, 3.63) is 100 Å². The maximum atomic E-state index is 10.9. The molecule has 0 bridgehead atoms. The zero-order chi connectivity index (χ0) is 20.1. The molecule has 0 saturated carbocycles. The predicted molar refractivity (Wildman–Crippen MR) is 113 cm³/mol. The summed E-state index contributed by atoms with van der Waals surface area (Å²) in [6.45, 7) is 1.99. The van der Waals surface area contributed by atoms with Crippen molar-refractivity contribution in [2.75, 3.05) is 5.32 Å². The number of pyridine rings is 1. The fourth-order valence-electron chi connectivity index (χ4n) is 2.60. The third-order valence-electron chi connectivity index (χ3n) is 4.07. The van der Waals surface area contributed by atoms with E-state index in [0.29, 0.717) is 16.2 Å². The summed E-state index contributed by atoms with van der Waals surface area (Å²) in [6.07, 6.45) is 3.53. The highest BCUT2D eigenvalue weighted by molar-refractivity contribution is 7.81. The van der Waals surface area contributed by atoms with E-state index in [1.807, 2.05) is 49.4 Å². The lowest BCUT2D eigenvalue weighted by molar-refractivity contribution is -0.575. The average Bonchev–Trinajstić information content (AvgIpc) is 2.70. The molecule has 2 aromatic carbocycles. The van der Waals surface area contributed by atoms with Crippen molar-refractivity contribution in [1.29, 1.82) is 0 Å². The molecule has 0 radical (unpaired) electrons. The quantitative estimate of drug-likeness (QED) is 0.167. The van der Waals surface area contributed by atoms with Gasteiger partial charge in [0.15, 0.2) is 23.1 Å². The van der Waals surface area contributed by atoms with Crippen LogP contribution in [0.5, 0.6) is 0 Å². The molecule has 0 saturated heterocycles. The summed E-state index contributed by atoms with van der Waals surface area (Å²) in [5.41, 5.74) is 2.65. The summed E-state index contributed by atoms with van der Waals surface area (Å²) in [4.78, 5) is 10.7. The van der Waals surface area contributed by atoms with Gasteiger partial charge in [0.1, 0.15) is 0 Å². The first-order valence-electron chi connectivity index (χ1n) is 8.48. The second kappa shape index (κ2) is 8.41. The van der Waals surface area contributed by atoms with E-state index in [0.717, 1.165) is 11.3 Å². The van der Waals surface area contributed by atoms with Crippen LogP contribution in [0.2, 0.25) is 0 Å².